The molecule has 2 fully saturated rings. The molecule has 0 atom stereocenters. The largest absolute Gasteiger partial charge is 0.456 e. The van der Waals surface area contributed by atoms with Crippen LogP contribution in [-0.4, -0.2) is 47.4 Å². The SMILES string of the molecule is O=C(COC(=O)CCN1C(=O)NC2(CCCC2)C1=O)Nc1ccccc1F. The summed E-state index contributed by atoms with van der Waals surface area (Å²) in [7, 11) is 0. The van der Waals surface area contributed by atoms with Crippen LogP contribution >= 0.6 is 0 Å². The number of urea groups is 1. The minimum atomic E-state index is -0.819. The summed E-state index contributed by atoms with van der Waals surface area (Å²) < 4.78 is 18.3. The zero-order chi connectivity index (χ0) is 19.4. The molecule has 1 aliphatic carbocycles. The summed E-state index contributed by atoms with van der Waals surface area (Å²) >= 11 is 0. The minimum absolute atomic E-state index is 0.0141. The highest BCUT2D eigenvalue weighted by Gasteiger charge is 2.52. The molecule has 1 heterocycles. The van der Waals surface area contributed by atoms with Crippen molar-refractivity contribution in [1.82, 2.24) is 10.2 Å². The van der Waals surface area contributed by atoms with Gasteiger partial charge in [-0.2, -0.15) is 0 Å². The number of carbonyl (C=O) groups excluding carboxylic acids is 4. The number of para-hydroxylation sites is 1. The van der Waals surface area contributed by atoms with E-state index in [9.17, 15) is 23.6 Å². The molecule has 1 spiro atoms. The maximum atomic E-state index is 13.4. The standard InChI is InChI=1S/C18H20FN3O5/c19-12-5-1-2-6-13(12)20-14(23)11-27-15(24)7-10-22-16(25)18(21-17(22)26)8-3-4-9-18/h1-2,5-6H,3-4,7-11H2,(H,20,23)(H,21,26). The number of hydrogen-bond donors (Lipinski definition) is 2. The Labute approximate surface area is 155 Å². The summed E-state index contributed by atoms with van der Waals surface area (Å²) in [5.74, 6) is -2.33. The van der Waals surface area contributed by atoms with E-state index in [0.717, 1.165) is 17.7 Å². The van der Waals surface area contributed by atoms with Gasteiger partial charge in [-0.05, 0) is 25.0 Å². The van der Waals surface area contributed by atoms with Gasteiger partial charge < -0.3 is 15.4 Å². The summed E-state index contributed by atoms with van der Waals surface area (Å²) in [4.78, 5) is 49.0. The Kier molecular flexibility index (Phi) is 5.38. The highest BCUT2D eigenvalue weighted by molar-refractivity contribution is 6.07. The number of rotatable bonds is 6. The summed E-state index contributed by atoms with van der Waals surface area (Å²) in [5.41, 5.74) is -0.833. The molecule has 0 unspecified atom stereocenters. The van der Waals surface area contributed by atoms with Crippen LogP contribution in [-0.2, 0) is 19.1 Å². The normalized spacial score (nSPS) is 17.9. The van der Waals surface area contributed by atoms with Crippen LogP contribution in [0, 0.1) is 5.82 Å². The van der Waals surface area contributed by atoms with Gasteiger partial charge in [0.05, 0.1) is 12.1 Å². The van der Waals surface area contributed by atoms with Gasteiger partial charge in [0.2, 0.25) is 0 Å². The first kappa shape index (κ1) is 18.8. The predicted octanol–water partition coefficient (Wildman–Crippen LogP) is 1.56. The Morgan fingerprint density at radius 1 is 1.22 bits per heavy atom. The van der Waals surface area contributed by atoms with Crippen LogP contribution in [0.5, 0.6) is 0 Å². The summed E-state index contributed by atoms with van der Waals surface area (Å²) in [6.45, 7) is -0.697. The zero-order valence-corrected chi connectivity index (χ0v) is 14.6. The van der Waals surface area contributed by atoms with Crippen LogP contribution in [0.1, 0.15) is 32.1 Å². The van der Waals surface area contributed by atoms with Crippen molar-refractivity contribution in [2.75, 3.05) is 18.5 Å². The monoisotopic (exact) mass is 377 g/mol. The fourth-order valence-corrected chi connectivity index (χ4v) is 3.37. The second-order valence-electron chi connectivity index (χ2n) is 6.61. The molecule has 1 saturated heterocycles. The van der Waals surface area contributed by atoms with E-state index in [0.29, 0.717) is 12.8 Å². The molecule has 27 heavy (non-hydrogen) atoms. The molecule has 2 aliphatic rings. The van der Waals surface area contributed by atoms with Crippen LogP contribution in [0.3, 0.4) is 0 Å². The van der Waals surface area contributed by atoms with E-state index in [1.165, 1.54) is 18.2 Å². The maximum absolute atomic E-state index is 13.4. The highest BCUT2D eigenvalue weighted by atomic mass is 19.1. The fraction of sp³-hybridized carbons (Fsp3) is 0.444. The third-order valence-electron chi connectivity index (χ3n) is 4.75. The van der Waals surface area contributed by atoms with Crippen LogP contribution in [0.2, 0.25) is 0 Å². The molecule has 1 aromatic rings. The first-order chi connectivity index (χ1) is 12.9. The molecule has 3 rings (SSSR count). The second-order valence-corrected chi connectivity index (χ2v) is 6.61. The van der Waals surface area contributed by atoms with Crippen molar-refractivity contribution in [3.8, 4) is 0 Å². The first-order valence-electron chi connectivity index (χ1n) is 8.75. The maximum Gasteiger partial charge on any atom is 0.325 e. The number of anilines is 1. The Balaban J connectivity index is 1.43. The van der Waals surface area contributed by atoms with Gasteiger partial charge in [-0.25, -0.2) is 9.18 Å². The summed E-state index contributed by atoms with van der Waals surface area (Å²) in [6, 6.07) is 5.10. The van der Waals surface area contributed by atoms with E-state index in [4.69, 9.17) is 4.74 Å². The molecule has 9 heteroatoms. The topological polar surface area (TPSA) is 105 Å². The van der Waals surface area contributed by atoms with Gasteiger partial charge in [-0.1, -0.05) is 25.0 Å². The minimum Gasteiger partial charge on any atom is -0.456 e. The van der Waals surface area contributed by atoms with Gasteiger partial charge in [-0.3, -0.25) is 19.3 Å². The molecular formula is C18H20FN3O5. The molecule has 8 nitrogen and oxygen atoms in total. The van der Waals surface area contributed by atoms with Crippen LogP contribution in [0.15, 0.2) is 24.3 Å². The number of nitrogens with one attached hydrogen (secondary N) is 2. The lowest BCUT2D eigenvalue weighted by Crippen LogP contribution is -2.44. The van der Waals surface area contributed by atoms with Gasteiger partial charge in [-0.15, -0.1) is 0 Å². The number of imide groups is 1. The van der Waals surface area contributed by atoms with Crippen LogP contribution in [0.25, 0.3) is 0 Å². The van der Waals surface area contributed by atoms with Crippen molar-refractivity contribution in [3.63, 3.8) is 0 Å². The number of hydrogen-bond acceptors (Lipinski definition) is 5. The number of nitrogens with zero attached hydrogens (tertiary/aromatic N) is 1. The van der Waals surface area contributed by atoms with Gasteiger partial charge in [0.1, 0.15) is 11.4 Å². The molecular weight excluding hydrogens is 357 g/mol. The quantitative estimate of drug-likeness (QED) is 0.578. The molecule has 0 aromatic heterocycles. The van der Waals surface area contributed by atoms with Gasteiger partial charge >= 0.3 is 12.0 Å². The zero-order valence-electron chi connectivity index (χ0n) is 14.6. The number of esters is 1. The molecule has 2 N–H and O–H groups in total. The van der Waals surface area contributed by atoms with E-state index >= 15 is 0 Å². The molecule has 0 bridgehead atoms. The third-order valence-corrected chi connectivity index (χ3v) is 4.75. The van der Waals surface area contributed by atoms with E-state index in [1.807, 2.05) is 0 Å². The van der Waals surface area contributed by atoms with Crippen molar-refractivity contribution in [2.45, 2.75) is 37.6 Å². The molecule has 144 valence electrons. The Morgan fingerprint density at radius 3 is 2.63 bits per heavy atom. The Morgan fingerprint density at radius 2 is 1.93 bits per heavy atom. The molecule has 4 amide bonds. The van der Waals surface area contributed by atoms with E-state index in [-0.39, 0.29) is 24.6 Å². The molecule has 1 aliphatic heterocycles. The van der Waals surface area contributed by atoms with Crippen molar-refractivity contribution in [2.24, 2.45) is 0 Å². The number of halogens is 1. The molecule has 1 aromatic carbocycles. The van der Waals surface area contributed by atoms with Crippen molar-refractivity contribution >= 4 is 29.5 Å². The highest BCUT2D eigenvalue weighted by Crippen LogP contribution is 2.35. The molecule has 0 radical (unpaired) electrons. The number of carbonyl (C=O) groups is 4. The van der Waals surface area contributed by atoms with Gasteiger partial charge in [0.25, 0.3) is 11.8 Å². The Bertz CT molecular complexity index is 776. The molecule has 1 saturated carbocycles. The van der Waals surface area contributed by atoms with Crippen LogP contribution < -0.4 is 10.6 Å². The summed E-state index contributed by atoms with van der Waals surface area (Å²) in [6.07, 6.45) is 2.74. The number of benzene rings is 1. The van der Waals surface area contributed by atoms with Crippen molar-refractivity contribution in [3.05, 3.63) is 30.1 Å². The van der Waals surface area contributed by atoms with Crippen LogP contribution in [0.4, 0.5) is 14.9 Å². The van der Waals surface area contributed by atoms with E-state index in [1.54, 1.807) is 6.07 Å². The van der Waals surface area contributed by atoms with Gasteiger partial charge in [0, 0.05) is 6.54 Å². The predicted molar refractivity (Wildman–Crippen MR) is 92.0 cm³/mol. The third kappa shape index (κ3) is 4.07. The lowest BCUT2D eigenvalue weighted by Gasteiger charge is -2.19. The average Bonchev–Trinajstić information content (AvgIpc) is 3.19. The average molecular weight is 377 g/mol. The van der Waals surface area contributed by atoms with E-state index < -0.39 is 35.9 Å². The van der Waals surface area contributed by atoms with Crippen molar-refractivity contribution < 1.29 is 28.3 Å². The van der Waals surface area contributed by atoms with Gasteiger partial charge in [0.15, 0.2) is 6.61 Å². The smallest absolute Gasteiger partial charge is 0.325 e. The number of amides is 4. The lowest BCUT2D eigenvalue weighted by molar-refractivity contribution is -0.147. The second kappa shape index (κ2) is 7.73. The lowest BCUT2D eigenvalue weighted by atomic mass is 9.98. The number of ether oxygens (including phenoxy) is 1. The van der Waals surface area contributed by atoms with E-state index in [2.05, 4.69) is 10.6 Å². The Hall–Kier alpha value is -2.97. The summed E-state index contributed by atoms with van der Waals surface area (Å²) in [5, 5.41) is 5.01. The fourth-order valence-electron chi connectivity index (χ4n) is 3.37. The first-order valence-corrected chi connectivity index (χ1v) is 8.75. The van der Waals surface area contributed by atoms with Crippen molar-refractivity contribution in [1.29, 1.82) is 0 Å².